The van der Waals surface area contributed by atoms with Gasteiger partial charge < -0.3 is 19.3 Å². The number of aliphatic hydroxyl groups is 1. The van der Waals surface area contributed by atoms with Gasteiger partial charge in [-0.15, -0.1) is 0 Å². The van der Waals surface area contributed by atoms with E-state index in [0.29, 0.717) is 17.1 Å². The zero-order valence-corrected chi connectivity index (χ0v) is 15.1. The number of carbonyl (C=O) groups excluding carboxylic acids is 2. The number of carbonyl (C=O) groups is 2. The minimum atomic E-state index is -0.573. The van der Waals surface area contributed by atoms with Gasteiger partial charge in [0.1, 0.15) is 5.75 Å². The average Bonchev–Trinajstić information content (AvgIpc) is 2.62. The first kappa shape index (κ1) is 19.5. The second-order valence-electron chi connectivity index (χ2n) is 5.87. The molecule has 0 aliphatic rings. The Morgan fingerprint density at radius 3 is 1.96 bits per heavy atom. The van der Waals surface area contributed by atoms with E-state index in [-0.39, 0.29) is 25.2 Å². The van der Waals surface area contributed by atoms with Gasteiger partial charge in [-0.2, -0.15) is 0 Å². The standard InChI is InChI=1S/C20H22O6/c1-13-4-6-16(15(10-13)12-21)25-19(22)8-9-20(23)26-17-7-5-14(2)11-18(17)24-3/h4-7,10-11,21H,8-9,12H2,1-3H3. The van der Waals surface area contributed by atoms with Crippen molar-refractivity contribution >= 4 is 11.9 Å². The fourth-order valence-electron chi connectivity index (χ4n) is 2.34. The Kier molecular flexibility index (Phi) is 6.74. The number of hydrogen-bond donors (Lipinski definition) is 1. The molecule has 6 nitrogen and oxygen atoms in total. The Balaban J connectivity index is 1.90. The molecule has 1 N–H and O–H groups in total. The van der Waals surface area contributed by atoms with E-state index in [0.717, 1.165) is 11.1 Å². The van der Waals surface area contributed by atoms with E-state index < -0.39 is 11.9 Å². The van der Waals surface area contributed by atoms with Gasteiger partial charge in [0.25, 0.3) is 0 Å². The van der Waals surface area contributed by atoms with Crippen LogP contribution in [0.15, 0.2) is 36.4 Å². The molecule has 0 spiro atoms. The van der Waals surface area contributed by atoms with Gasteiger partial charge >= 0.3 is 11.9 Å². The number of benzene rings is 2. The maximum Gasteiger partial charge on any atom is 0.311 e. The monoisotopic (exact) mass is 358 g/mol. The second-order valence-corrected chi connectivity index (χ2v) is 5.87. The Hall–Kier alpha value is -2.86. The van der Waals surface area contributed by atoms with Gasteiger partial charge in [-0.3, -0.25) is 9.59 Å². The van der Waals surface area contributed by atoms with E-state index in [1.165, 1.54) is 7.11 Å². The molecule has 0 heterocycles. The smallest absolute Gasteiger partial charge is 0.311 e. The van der Waals surface area contributed by atoms with Crippen LogP contribution in [0.25, 0.3) is 0 Å². The molecule has 26 heavy (non-hydrogen) atoms. The minimum absolute atomic E-state index is 0.129. The molecule has 0 unspecified atom stereocenters. The van der Waals surface area contributed by atoms with E-state index in [1.807, 2.05) is 13.8 Å². The summed E-state index contributed by atoms with van der Waals surface area (Å²) in [5.74, 6) is -0.0887. The third kappa shape index (κ3) is 5.32. The van der Waals surface area contributed by atoms with Crippen molar-refractivity contribution in [2.24, 2.45) is 0 Å². The van der Waals surface area contributed by atoms with E-state index in [4.69, 9.17) is 14.2 Å². The maximum absolute atomic E-state index is 12.0. The molecule has 2 aromatic rings. The summed E-state index contributed by atoms with van der Waals surface area (Å²) in [7, 11) is 1.49. The van der Waals surface area contributed by atoms with Gasteiger partial charge in [-0.25, -0.2) is 0 Å². The Morgan fingerprint density at radius 1 is 0.846 bits per heavy atom. The predicted molar refractivity (Wildman–Crippen MR) is 95.3 cm³/mol. The van der Waals surface area contributed by atoms with Gasteiger partial charge in [0, 0.05) is 5.56 Å². The highest BCUT2D eigenvalue weighted by atomic mass is 16.6. The molecule has 0 aliphatic heterocycles. The molecule has 0 aromatic heterocycles. The fourth-order valence-corrected chi connectivity index (χ4v) is 2.34. The molecule has 6 heteroatoms. The summed E-state index contributed by atoms with van der Waals surface area (Å²) in [4.78, 5) is 23.9. The Labute approximate surface area is 152 Å². The number of ether oxygens (including phenoxy) is 3. The van der Waals surface area contributed by atoms with E-state index in [9.17, 15) is 14.7 Å². The van der Waals surface area contributed by atoms with Gasteiger partial charge in [0.15, 0.2) is 11.5 Å². The van der Waals surface area contributed by atoms with Crippen LogP contribution < -0.4 is 14.2 Å². The average molecular weight is 358 g/mol. The van der Waals surface area contributed by atoms with Gasteiger partial charge in [-0.1, -0.05) is 23.8 Å². The number of aryl methyl sites for hydroxylation is 2. The van der Waals surface area contributed by atoms with Crippen molar-refractivity contribution in [3.63, 3.8) is 0 Å². The molecule has 138 valence electrons. The summed E-state index contributed by atoms with van der Waals surface area (Å²) in [6.45, 7) is 3.54. The van der Waals surface area contributed by atoms with E-state index in [2.05, 4.69) is 0 Å². The van der Waals surface area contributed by atoms with Gasteiger partial charge in [0.2, 0.25) is 0 Å². The number of hydrogen-bond acceptors (Lipinski definition) is 6. The summed E-state index contributed by atoms with van der Waals surface area (Å²) in [5, 5.41) is 9.33. The lowest BCUT2D eigenvalue weighted by atomic mass is 10.1. The van der Waals surface area contributed by atoms with Crippen LogP contribution in [0, 0.1) is 13.8 Å². The number of esters is 2. The van der Waals surface area contributed by atoms with Crippen LogP contribution in [-0.4, -0.2) is 24.2 Å². The molecule has 2 rings (SSSR count). The van der Waals surface area contributed by atoms with Crippen LogP contribution in [0.1, 0.15) is 29.5 Å². The maximum atomic E-state index is 12.0. The highest BCUT2D eigenvalue weighted by molar-refractivity contribution is 5.80. The summed E-state index contributed by atoms with van der Waals surface area (Å²) in [6, 6.07) is 10.3. The van der Waals surface area contributed by atoms with Crippen molar-refractivity contribution in [1.82, 2.24) is 0 Å². The highest BCUT2D eigenvalue weighted by Crippen LogP contribution is 2.28. The Morgan fingerprint density at radius 2 is 1.38 bits per heavy atom. The summed E-state index contributed by atoms with van der Waals surface area (Å²) in [5.41, 5.74) is 2.44. The largest absolute Gasteiger partial charge is 0.493 e. The summed E-state index contributed by atoms with van der Waals surface area (Å²) in [6.07, 6.45) is -0.262. The number of rotatable bonds is 7. The van der Waals surface area contributed by atoms with Crippen LogP contribution in [-0.2, 0) is 16.2 Å². The third-order valence-electron chi connectivity index (χ3n) is 3.69. The van der Waals surface area contributed by atoms with Crippen LogP contribution in [0.3, 0.4) is 0 Å². The highest BCUT2D eigenvalue weighted by Gasteiger charge is 2.15. The van der Waals surface area contributed by atoms with Crippen molar-refractivity contribution in [2.45, 2.75) is 33.3 Å². The molecule has 0 saturated heterocycles. The summed E-state index contributed by atoms with van der Waals surface area (Å²) >= 11 is 0. The van der Waals surface area contributed by atoms with Crippen molar-refractivity contribution in [3.8, 4) is 17.2 Å². The quantitative estimate of drug-likeness (QED) is 0.605. The normalized spacial score (nSPS) is 10.3. The number of methoxy groups -OCH3 is 1. The van der Waals surface area contributed by atoms with Crippen molar-refractivity contribution in [1.29, 1.82) is 0 Å². The molecule has 0 radical (unpaired) electrons. The third-order valence-corrected chi connectivity index (χ3v) is 3.69. The topological polar surface area (TPSA) is 82.1 Å². The summed E-state index contributed by atoms with van der Waals surface area (Å²) < 4.78 is 15.6. The molecular formula is C20H22O6. The molecule has 0 aliphatic carbocycles. The first-order valence-corrected chi connectivity index (χ1v) is 8.19. The lowest BCUT2D eigenvalue weighted by Gasteiger charge is -2.11. The second kappa shape index (κ2) is 9.01. The molecule has 0 bridgehead atoms. The zero-order chi connectivity index (χ0) is 19.1. The van der Waals surface area contributed by atoms with Crippen molar-refractivity contribution in [2.75, 3.05) is 7.11 Å². The lowest BCUT2D eigenvalue weighted by molar-refractivity contribution is -0.140. The van der Waals surface area contributed by atoms with Gasteiger partial charge in [-0.05, 0) is 37.6 Å². The van der Waals surface area contributed by atoms with Crippen molar-refractivity contribution in [3.05, 3.63) is 53.1 Å². The Bertz CT molecular complexity index is 729. The fraction of sp³-hybridized carbons (Fsp3) is 0.300. The lowest BCUT2D eigenvalue weighted by Crippen LogP contribution is -2.15. The van der Waals surface area contributed by atoms with E-state index >= 15 is 0 Å². The first-order chi connectivity index (χ1) is 12.4. The van der Waals surface area contributed by atoms with Crippen molar-refractivity contribution < 1.29 is 28.9 Å². The van der Waals surface area contributed by atoms with Crippen LogP contribution in [0.5, 0.6) is 17.2 Å². The van der Waals surface area contributed by atoms with E-state index in [1.54, 1.807) is 36.4 Å². The molecule has 2 aromatic carbocycles. The SMILES string of the molecule is COc1cc(C)ccc1OC(=O)CCC(=O)Oc1ccc(C)cc1CO. The molecule has 0 atom stereocenters. The van der Waals surface area contributed by atoms with Crippen LogP contribution in [0.4, 0.5) is 0 Å². The predicted octanol–water partition coefficient (Wildman–Crippen LogP) is 3.10. The molecular weight excluding hydrogens is 336 g/mol. The molecule has 0 saturated carbocycles. The minimum Gasteiger partial charge on any atom is -0.493 e. The van der Waals surface area contributed by atoms with Crippen LogP contribution >= 0.6 is 0 Å². The molecule has 0 amide bonds. The molecule has 0 fully saturated rings. The number of aliphatic hydroxyl groups excluding tert-OH is 1. The van der Waals surface area contributed by atoms with Gasteiger partial charge in [0.05, 0.1) is 26.6 Å². The zero-order valence-electron chi connectivity index (χ0n) is 15.1. The van der Waals surface area contributed by atoms with Crippen LogP contribution in [0.2, 0.25) is 0 Å². The first-order valence-electron chi connectivity index (χ1n) is 8.19.